The van der Waals surface area contributed by atoms with E-state index in [4.69, 9.17) is 9.73 Å². The van der Waals surface area contributed by atoms with Crippen molar-refractivity contribution in [3.63, 3.8) is 0 Å². The van der Waals surface area contributed by atoms with Crippen LogP contribution in [-0.4, -0.2) is 82.0 Å². The Morgan fingerprint density at radius 3 is 2.27 bits per heavy atom. The summed E-state index contributed by atoms with van der Waals surface area (Å²) in [4.78, 5) is 9.84. The lowest BCUT2D eigenvalue weighted by Gasteiger charge is -2.36. The van der Waals surface area contributed by atoms with Crippen molar-refractivity contribution in [1.29, 1.82) is 0 Å². The number of nitrogens with one attached hydrogen (secondary N) is 2. The summed E-state index contributed by atoms with van der Waals surface area (Å²) in [6.07, 6.45) is 3.98. The number of benzene rings is 1. The zero-order valence-electron chi connectivity index (χ0n) is 21.1. The number of aliphatic hydroxyl groups is 1. The Morgan fingerprint density at radius 2 is 1.73 bits per heavy atom. The van der Waals surface area contributed by atoms with Crippen molar-refractivity contribution in [1.82, 2.24) is 15.5 Å². The minimum absolute atomic E-state index is 0. The normalized spacial score (nSPS) is 15.2. The van der Waals surface area contributed by atoms with Crippen molar-refractivity contribution in [2.45, 2.75) is 46.5 Å². The van der Waals surface area contributed by atoms with E-state index < -0.39 is 0 Å². The van der Waals surface area contributed by atoms with E-state index in [2.05, 4.69) is 53.3 Å². The number of guanidine groups is 1. The highest BCUT2D eigenvalue weighted by Crippen LogP contribution is 2.30. The van der Waals surface area contributed by atoms with Gasteiger partial charge in [0.25, 0.3) is 0 Å². The molecule has 2 rings (SSSR count). The fraction of sp³-hybridized carbons (Fsp3) is 0.720. The van der Waals surface area contributed by atoms with Crippen LogP contribution in [0.3, 0.4) is 0 Å². The molecule has 0 radical (unpaired) electrons. The maximum Gasteiger partial charge on any atom is 0.191 e. The SMILES string of the molecule is CCNC(=NCC(CC)(CC)CCO)NCCCN1CCN(c2ccc(OC)cc2)CC1.I. The van der Waals surface area contributed by atoms with Crippen LogP contribution in [0.1, 0.15) is 46.5 Å². The molecule has 1 aliphatic heterocycles. The van der Waals surface area contributed by atoms with Gasteiger partial charge in [0.2, 0.25) is 0 Å². The van der Waals surface area contributed by atoms with Crippen LogP contribution in [-0.2, 0) is 0 Å². The Morgan fingerprint density at radius 1 is 1.06 bits per heavy atom. The Hall–Kier alpha value is -1.26. The number of methoxy groups -OCH3 is 1. The van der Waals surface area contributed by atoms with Gasteiger partial charge in [-0.05, 0) is 68.8 Å². The number of hydrogen-bond donors (Lipinski definition) is 3. The molecule has 0 aliphatic carbocycles. The van der Waals surface area contributed by atoms with Crippen LogP contribution in [0.5, 0.6) is 5.75 Å². The van der Waals surface area contributed by atoms with Crippen molar-refractivity contribution in [2.24, 2.45) is 10.4 Å². The molecule has 1 saturated heterocycles. The molecule has 0 atom stereocenters. The molecule has 1 aromatic rings. The van der Waals surface area contributed by atoms with Crippen LogP contribution in [0.25, 0.3) is 0 Å². The largest absolute Gasteiger partial charge is 0.497 e. The Balaban J connectivity index is 0.00000544. The van der Waals surface area contributed by atoms with Gasteiger partial charge in [-0.15, -0.1) is 24.0 Å². The molecule has 190 valence electrons. The van der Waals surface area contributed by atoms with Gasteiger partial charge in [-0.2, -0.15) is 0 Å². The monoisotopic (exact) mass is 575 g/mol. The Labute approximate surface area is 218 Å². The Bertz CT molecular complexity index is 659. The molecule has 33 heavy (non-hydrogen) atoms. The van der Waals surface area contributed by atoms with E-state index in [1.807, 2.05) is 12.1 Å². The van der Waals surface area contributed by atoms with Gasteiger partial charge in [0, 0.05) is 58.1 Å². The number of halogens is 1. The lowest BCUT2D eigenvalue weighted by atomic mass is 9.79. The molecule has 3 N–H and O–H groups in total. The molecule has 7 nitrogen and oxygen atoms in total. The molecule has 0 spiro atoms. The minimum Gasteiger partial charge on any atom is -0.497 e. The summed E-state index contributed by atoms with van der Waals surface area (Å²) < 4.78 is 5.26. The molecule has 0 aromatic heterocycles. The van der Waals surface area contributed by atoms with Gasteiger partial charge in [-0.3, -0.25) is 9.89 Å². The number of hydrogen-bond acceptors (Lipinski definition) is 5. The number of piperazine rings is 1. The summed E-state index contributed by atoms with van der Waals surface area (Å²) in [6.45, 7) is 14.6. The second-order valence-electron chi connectivity index (χ2n) is 8.68. The first-order chi connectivity index (χ1) is 15.6. The lowest BCUT2D eigenvalue weighted by Crippen LogP contribution is -2.47. The van der Waals surface area contributed by atoms with Crippen molar-refractivity contribution < 1.29 is 9.84 Å². The molecular formula is C25H46IN5O2. The van der Waals surface area contributed by atoms with Crippen LogP contribution in [0.2, 0.25) is 0 Å². The number of nitrogens with zero attached hydrogens (tertiary/aromatic N) is 3. The molecule has 0 amide bonds. The van der Waals surface area contributed by atoms with E-state index in [-0.39, 0.29) is 36.0 Å². The van der Waals surface area contributed by atoms with Gasteiger partial charge in [-0.1, -0.05) is 13.8 Å². The number of ether oxygens (including phenoxy) is 1. The van der Waals surface area contributed by atoms with Crippen LogP contribution in [0.15, 0.2) is 29.3 Å². The van der Waals surface area contributed by atoms with Gasteiger partial charge in [-0.25, -0.2) is 0 Å². The first-order valence-electron chi connectivity index (χ1n) is 12.3. The topological polar surface area (TPSA) is 72.4 Å². The van der Waals surface area contributed by atoms with Crippen LogP contribution < -0.4 is 20.3 Å². The second-order valence-corrected chi connectivity index (χ2v) is 8.68. The third kappa shape index (κ3) is 9.86. The number of aliphatic imine (C=N–C) groups is 1. The van der Waals surface area contributed by atoms with E-state index in [9.17, 15) is 5.11 Å². The highest BCUT2D eigenvalue weighted by Gasteiger charge is 2.25. The van der Waals surface area contributed by atoms with E-state index in [0.717, 1.165) is 89.8 Å². The minimum atomic E-state index is 0. The zero-order chi connectivity index (χ0) is 23.2. The molecule has 0 saturated carbocycles. The van der Waals surface area contributed by atoms with Gasteiger partial charge < -0.3 is 25.4 Å². The summed E-state index contributed by atoms with van der Waals surface area (Å²) in [5, 5.41) is 16.3. The number of rotatable bonds is 13. The molecule has 1 aromatic carbocycles. The molecular weight excluding hydrogens is 529 g/mol. The van der Waals surface area contributed by atoms with Crippen molar-refractivity contribution >= 4 is 35.6 Å². The second kappa shape index (κ2) is 16.4. The van der Waals surface area contributed by atoms with Crippen LogP contribution >= 0.6 is 24.0 Å². The molecule has 1 fully saturated rings. The fourth-order valence-corrected chi connectivity index (χ4v) is 4.26. The van der Waals surface area contributed by atoms with Crippen molar-refractivity contribution in [3.8, 4) is 5.75 Å². The quantitative estimate of drug-likeness (QED) is 0.145. The predicted molar refractivity (Wildman–Crippen MR) is 150 cm³/mol. The third-order valence-electron chi connectivity index (χ3n) is 6.81. The summed E-state index contributed by atoms with van der Waals surface area (Å²) in [6, 6.07) is 8.36. The van der Waals surface area contributed by atoms with E-state index in [1.165, 1.54) is 5.69 Å². The summed E-state index contributed by atoms with van der Waals surface area (Å²) in [5.41, 5.74) is 1.37. The average Bonchev–Trinajstić information content (AvgIpc) is 2.84. The molecule has 8 heteroatoms. The van der Waals surface area contributed by atoms with Crippen LogP contribution in [0.4, 0.5) is 5.69 Å². The molecule has 1 heterocycles. The summed E-state index contributed by atoms with van der Waals surface area (Å²) in [5.74, 6) is 1.80. The highest BCUT2D eigenvalue weighted by atomic mass is 127. The zero-order valence-corrected chi connectivity index (χ0v) is 23.4. The fourth-order valence-electron chi connectivity index (χ4n) is 4.26. The third-order valence-corrected chi connectivity index (χ3v) is 6.81. The van der Waals surface area contributed by atoms with Crippen molar-refractivity contribution in [2.75, 3.05) is 71.0 Å². The first kappa shape index (κ1) is 29.8. The smallest absolute Gasteiger partial charge is 0.191 e. The lowest BCUT2D eigenvalue weighted by molar-refractivity contribution is 0.175. The van der Waals surface area contributed by atoms with Gasteiger partial charge in [0.15, 0.2) is 5.96 Å². The molecule has 0 bridgehead atoms. The first-order valence-corrected chi connectivity index (χ1v) is 12.3. The molecule has 1 aliphatic rings. The number of anilines is 1. The van der Waals surface area contributed by atoms with Gasteiger partial charge >= 0.3 is 0 Å². The van der Waals surface area contributed by atoms with E-state index >= 15 is 0 Å². The Kier molecular flexibility index (Phi) is 14.8. The summed E-state index contributed by atoms with van der Waals surface area (Å²) in [7, 11) is 1.71. The predicted octanol–water partition coefficient (Wildman–Crippen LogP) is 3.57. The highest BCUT2D eigenvalue weighted by molar-refractivity contribution is 14.0. The van der Waals surface area contributed by atoms with Crippen LogP contribution in [0, 0.1) is 5.41 Å². The average molecular weight is 576 g/mol. The summed E-state index contributed by atoms with van der Waals surface area (Å²) >= 11 is 0. The van der Waals surface area contributed by atoms with Crippen molar-refractivity contribution in [3.05, 3.63) is 24.3 Å². The van der Waals surface area contributed by atoms with E-state index in [1.54, 1.807) is 7.11 Å². The number of aliphatic hydroxyl groups excluding tert-OH is 1. The maximum absolute atomic E-state index is 9.44. The van der Waals surface area contributed by atoms with E-state index in [0.29, 0.717) is 0 Å². The standard InChI is InChI=1S/C25H45N5O2.HI/c1-5-25(6-2,13-20-31)21-28-24(26-7-3)27-14-8-15-29-16-18-30(19-17-29)22-9-11-23(32-4)12-10-22;/h9-12,31H,5-8,13-21H2,1-4H3,(H2,26,27,28);1H. The molecule has 0 unspecified atom stereocenters. The van der Waals surface area contributed by atoms with Gasteiger partial charge in [0.05, 0.1) is 7.11 Å². The van der Waals surface area contributed by atoms with Gasteiger partial charge in [0.1, 0.15) is 5.75 Å². The maximum atomic E-state index is 9.44.